The number of anilines is 1. The van der Waals surface area contributed by atoms with E-state index in [1.54, 1.807) is 12.1 Å². The van der Waals surface area contributed by atoms with Crippen LogP contribution in [0.2, 0.25) is 5.02 Å². The summed E-state index contributed by atoms with van der Waals surface area (Å²) < 4.78 is 0. The number of aryl methyl sites for hydroxylation is 1. The molecule has 4 heteroatoms. The summed E-state index contributed by atoms with van der Waals surface area (Å²) in [4.78, 5) is 12.1. The summed E-state index contributed by atoms with van der Waals surface area (Å²) in [5.74, 6) is -0.303. The SMILES string of the molecule is Cc1ccc(CC(=O)C(O)c2cc(Cl)ccc2N)cc1. The molecule has 0 spiro atoms. The van der Waals surface area contributed by atoms with Crippen LogP contribution in [0.5, 0.6) is 0 Å². The molecule has 104 valence electrons. The van der Waals surface area contributed by atoms with Crippen molar-refractivity contribution in [2.24, 2.45) is 0 Å². The van der Waals surface area contributed by atoms with Crippen LogP contribution in [0.4, 0.5) is 5.69 Å². The van der Waals surface area contributed by atoms with E-state index in [2.05, 4.69) is 0 Å². The summed E-state index contributed by atoms with van der Waals surface area (Å²) in [5, 5.41) is 10.6. The molecule has 1 atom stereocenters. The number of hydrogen-bond donors (Lipinski definition) is 2. The number of nitrogen functional groups attached to an aromatic ring is 1. The van der Waals surface area contributed by atoms with Gasteiger partial charge in [0, 0.05) is 22.7 Å². The fourth-order valence-electron chi connectivity index (χ4n) is 1.96. The number of carbonyl (C=O) groups excluding carboxylic acids is 1. The highest BCUT2D eigenvalue weighted by molar-refractivity contribution is 6.30. The zero-order chi connectivity index (χ0) is 14.7. The van der Waals surface area contributed by atoms with Gasteiger partial charge in [-0.1, -0.05) is 41.4 Å². The van der Waals surface area contributed by atoms with Crippen LogP contribution >= 0.6 is 11.6 Å². The van der Waals surface area contributed by atoms with E-state index in [1.165, 1.54) is 6.07 Å². The summed E-state index contributed by atoms with van der Waals surface area (Å²) >= 11 is 5.87. The Morgan fingerprint density at radius 2 is 1.90 bits per heavy atom. The van der Waals surface area contributed by atoms with Crippen LogP contribution in [0, 0.1) is 6.92 Å². The molecule has 0 aromatic heterocycles. The Balaban J connectivity index is 2.16. The highest BCUT2D eigenvalue weighted by atomic mass is 35.5. The maximum Gasteiger partial charge on any atom is 0.170 e. The van der Waals surface area contributed by atoms with Gasteiger partial charge in [-0.2, -0.15) is 0 Å². The van der Waals surface area contributed by atoms with Gasteiger partial charge in [0.15, 0.2) is 5.78 Å². The summed E-state index contributed by atoms with van der Waals surface area (Å²) in [6.45, 7) is 1.98. The minimum absolute atomic E-state index is 0.160. The van der Waals surface area contributed by atoms with Crippen LogP contribution in [0.3, 0.4) is 0 Å². The minimum atomic E-state index is -1.25. The van der Waals surface area contributed by atoms with Crippen molar-refractivity contribution in [1.29, 1.82) is 0 Å². The van der Waals surface area contributed by atoms with Gasteiger partial charge >= 0.3 is 0 Å². The third kappa shape index (κ3) is 3.38. The first-order valence-corrected chi connectivity index (χ1v) is 6.66. The molecule has 0 saturated heterocycles. The van der Waals surface area contributed by atoms with Gasteiger partial charge in [-0.05, 0) is 30.7 Å². The van der Waals surface area contributed by atoms with E-state index < -0.39 is 6.10 Å². The zero-order valence-corrected chi connectivity index (χ0v) is 11.9. The van der Waals surface area contributed by atoms with Crippen LogP contribution in [0.1, 0.15) is 22.8 Å². The molecule has 2 aromatic carbocycles. The van der Waals surface area contributed by atoms with Crippen molar-refractivity contribution in [3.8, 4) is 0 Å². The quantitative estimate of drug-likeness (QED) is 0.850. The molecule has 2 rings (SSSR count). The Morgan fingerprint density at radius 3 is 2.55 bits per heavy atom. The predicted molar refractivity (Wildman–Crippen MR) is 80.7 cm³/mol. The number of carbonyl (C=O) groups is 1. The number of aliphatic hydroxyl groups excluding tert-OH is 1. The number of aliphatic hydroxyl groups is 1. The predicted octanol–water partition coefficient (Wildman–Crippen LogP) is 3.08. The highest BCUT2D eigenvalue weighted by Gasteiger charge is 2.20. The molecular formula is C16H16ClNO2. The fourth-order valence-corrected chi connectivity index (χ4v) is 2.14. The average molecular weight is 290 g/mol. The number of Topliss-reactive ketones (excluding diaryl/α,β-unsaturated/α-hetero) is 1. The van der Waals surface area contributed by atoms with Crippen molar-refractivity contribution in [3.05, 3.63) is 64.2 Å². The minimum Gasteiger partial charge on any atom is -0.398 e. The Morgan fingerprint density at radius 1 is 1.25 bits per heavy atom. The molecular weight excluding hydrogens is 274 g/mol. The van der Waals surface area contributed by atoms with Crippen LogP contribution in [0.15, 0.2) is 42.5 Å². The van der Waals surface area contributed by atoms with Crippen molar-refractivity contribution in [2.45, 2.75) is 19.4 Å². The van der Waals surface area contributed by atoms with E-state index >= 15 is 0 Å². The van der Waals surface area contributed by atoms with E-state index in [0.29, 0.717) is 16.3 Å². The highest BCUT2D eigenvalue weighted by Crippen LogP contribution is 2.25. The molecule has 0 bridgehead atoms. The molecule has 0 radical (unpaired) electrons. The Labute approximate surface area is 123 Å². The lowest BCUT2D eigenvalue weighted by atomic mass is 9.98. The van der Waals surface area contributed by atoms with Gasteiger partial charge < -0.3 is 10.8 Å². The second-order valence-electron chi connectivity index (χ2n) is 4.80. The molecule has 0 aliphatic carbocycles. The number of halogens is 1. The molecule has 2 aromatic rings. The summed E-state index contributed by atoms with van der Waals surface area (Å²) in [6.07, 6.45) is -1.09. The van der Waals surface area contributed by atoms with Gasteiger partial charge in [0.2, 0.25) is 0 Å². The van der Waals surface area contributed by atoms with Crippen LogP contribution < -0.4 is 5.73 Å². The summed E-state index contributed by atoms with van der Waals surface area (Å²) in [6, 6.07) is 12.3. The molecule has 0 aliphatic rings. The fraction of sp³-hybridized carbons (Fsp3) is 0.188. The normalized spacial score (nSPS) is 12.2. The van der Waals surface area contributed by atoms with Gasteiger partial charge in [-0.25, -0.2) is 0 Å². The maximum absolute atomic E-state index is 12.1. The van der Waals surface area contributed by atoms with Gasteiger partial charge in [0.1, 0.15) is 6.10 Å². The average Bonchev–Trinajstić information content (AvgIpc) is 2.43. The largest absolute Gasteiger partial charge is 0.398 e. The monoisotopic (exact) mass is 289 g/mol. The maximum atomic E-state index is 12.1. The molecule has 0 fully saturated rings. The third-order valence-corrected chi connectivity index (χ3v) is 3.38. The standard InChI is InChI=1S/C16H16ClNO2/c1-10-2-4-11(5-3-10)8-15(19)16(20)13-9-12(17)6-7-14(13)18/h2-7,9,16,20H,8,18H2,1H3. The van der Waals surface area contributed by atoms with Gasteiger partial charge in [-0.15, -0.1) is 0 Å². The molecule has 20 heavy (non-hydrogen) atoms. The first-order valence-electron chi connectivity index (χ1n) is 6.28. The molecule has 1 unspecified atom stereocenters. The van der Waals surface area contributed by atoms with Crippen molar-refractivity contribution in [2.75, 3.05) is 5.73 Å². The van der Waals surface area contributed by atoms with Crippen molar-refractivity contribution >= 4 is 23.1 Å². The van der Waals surface area contributed by atoms with Crippen molar-refractivity contribution in [3.63, 3.8) is 0 Å². The van der Waals surface area contributed by atoms with E-state index in [-0.39, 0.29) is 12.2 Å². The molecule has 0 aliphatic heterocycles. The second kappa shape index (κ2) is 6.07. The lowest BCUT2D eigenvalue weighted by Gasteiger charge is -2.13. The summed E-state index contributed by atoms with van der Waals surface area (Å²) in [5.41, 5.74) is 8.47. The number of rotatable bonds is 4. The molecule has 0 heterocycles. The van der Waals surface area contributed by atoms with Crippen molar-refractivity contribution in [1.82, 2.24) is 0 Å². The lowest BCUT2D eigenvalue weighted by Crippen LogP contribution is -2.16. The van der Waals surface area contributed by atoms with Crippen LogP contribution in [-0.4, -0.2) is 10.9 Å². The number of ketones is 1. The van der Waals surface area contributed by atoms with Gasteiger partial charge in [-0.3, -0.25) is 4.79 Å². The topological polar surface area (TPSA) is 63.3 Å². The first-order chi connectivity index (χ1) is 9.47. The van der Waals surface area contributed by atoms with Crippen LogP contribution in [0.25, 0.3) is 0 Å². The van der Waals surface area contributed by atoms with E-state index in [1.807, 2.05) is 31.2 Å². The summed E-state index contributed by atoms with van der Waals surface area (Å²) in [7, 11) is 0. The number of nitrogens with two attached hydrogens (primary N) is 1. The van der Waals surface area contributed by atoms with Gasteiger partial charge in [0.05, 0.1) is 0 Å². The Kier molecular flexibility index (Phi) is 4.42. The smallest absolute Gasteiger partial charge is 0.170 e. The third-order valence-electron chi connectivity index (χ3n) is 3.15. The Bertz CT molecular complexity index is 623. The van der Waals surface area contributed by atoms with Gasteiger partial charge in [0.25, 0.3) is 0 Å². The number of hydrogen-bond acceptors (Lipinski definition) is 3. The van der Waals surface area contributed by atoms with E-state index in [0.717, 1.165) is 11.1 Å². The lowest BCUT2D eigenvalue weighted by molar-refractivity contribution is -0.126. The second-order valence-corrected chi connectivity index (χ2v) is 5.24. The molecule has 3 nitrogen and oxygen atoms in total. The van der Waals surface area contributed by atoms with Crippen molar-refractivity contribution < 1.29 is 9.90 Å². The Hall–Kier alpha value is -1.84. The molecule has 0 amide bonds. The van der Waals surface area contributed by atoms with Crippen LogP contribution in [-0.2, 0) is 11.2 Å². The zero-order valence-electron chi connectivity index (χ0n) is 11.1. The molecule has 3 N–H and O–H groups in total. The number of benzene rings is 2. The van der Waals surface area contributed by atoms with E-state index in [9.17, 15) is 9.90 Å². The molecule has 0 saturated carbocycles. The first kappa shape index (κ1) is 14.6. The van der Waals surface area contributed by atoms with E-state index in [4.69, 9.17) is 17.3 Å².